The fourth-order valence-corrected chi connectivity index (χ4v) is 3.07. The van der Waals surface area contributed by atoms with E-state index in [2.05, 4.69) is 11.8 Å². The molecule has 1 aliphatic heterocycles. The molecule has 1 heterocycles. The third-order valence-electron chi connectivity index (χ3n) is 3.84. The predicted molar refractivity (Wildman–Crippen MR) is 75.9 cm³/mol. The maximum absolute atomic E-state index is 13.3. The average molecular weight is 270 g/mol. The van der Waals surface area contributed by atoms with Gasteiger partial charge in [-0.15, -0.1) is 11.6 Å². The summed E-state index contributed by atoms with van der Waals surface area (Å²) in [7, 11) is 0. The van der Waals surface area contributed by atoms with Crippen LogP contribution in [0.2, 0.25) is 0 Å². The lowest BCUT2D eigenvalue weighted by atomic mass is 10.1. The maximum atomic E-state index is 13.3. The Hall–Kier alpha value is -0.760. The summed E-state index contributed by atoms with van der Waals surface area (Å²) < 4.78 is 13.3. The van der Waals surface area contributed by atoms with Gasteiger partial charge in [0.25, 0.3) is 0 Å². The molecule has 1 aromatic carbocycles. The highest BCUT2D eigenvalue weighted by Crippen LogP contribution is 2.30. The van der Waals surface area contributed by atoms with Crippen molar-refractivity contribution in [2.75, 3.05) is 11.4 Å². The van der Waals surface area contributed by atoms with Crippen molar-refractivity contribution >= 4 is 17.3 Å². The van der Waals surface area contributed by atoms with E-state index >= 15 is 0 Å². The molecule has 1 nitrogen and oxygen atoms in total. The molecular formula is C15H21ClFN. The second-order valence-electron chi connectivity index (χ2n) is 5.01. The van der Waals surface area contributed by atoms with E-state index in [0.717, 1.165) is 24.2 Å². The van der Waals surface area contributed by atoms with Crippen molar-refractivity contribution < 1.29 is 4.39 Å². The second kappa shape index (κ2) is 6.42. The molecule has 0 saturated carbocycles. The van der Waals surface area contributed by atoms with Crippen molar-refractivity contribution in [2.45, 2.75) is 50.9 Å². The van der Waals surface area contributed by atoms with Crippen molar-refractivity contribution in [3.63, 3.8) is 0 Å². The highest BCUT2D eigenvalue weighted by atomic mass is 35.5. The van der Waals surface area contributed by atoms with E-state index in [1.54, 1.807) is 12.1 Å². The van der Waals surface area contributed by atoms with Crippen LogP contribution in [0.1, 0.15) is 44.6 Å². The van der Waals surface area contributed by atoms with Crippen LogP contribution in [0.3, 0.4) is 0 Å². The summed E-state index contributed by atoms with van der Waals surface area (Å²) in [5.74, 6) is 0.178. The van der Waals surface area contributed by atoms with Gasteiger partial charge in [0.2, 0.25) is 0 Å². The molecule has 0 spiro atoms. The first-order valence-corrected chi connectivity index (χ1v) is 7.40. The zero-order valence-electron chi connectivity index (χ0n) is 11.0. The molecule has 0 N–H and O–H groups in total. The minimum absolute atomic E-state index is 0.197. The van der Waals surface area contributed by atoms with Crippen molar-refractivity contribution in [3.8, 4) is 0 Å². The molecule has 1 fully saturated rings. The molecule has 0 amide bonds. The average Bonchev–Trinajstić information content (AvgIpc) is 2.63. The first-order valence-electron chi connectivity index (χ1n) is 6.87. The van der Waals surface area contributed by atoms with Crippen molar-refractivity contribution in [1.29, 1.82) is 0 Å². The summed E-state index contributed by atoms with van der Waals surface area (Å²) in [5, 5.41) is 0. The van der Waals surface area contributed by atoms with Gasteiger partial charge in [0.1, 0.15) is 5.82 Å². The number of halogens is 2. The zero-order chi connectivity index (χ0) is 13.0. The monoisotopic (exact) mass is 269 g/mol. The van der Waals surface area contributed by atoms with Gasteiger partial charge < -0.3 is 4.90 Å². The lowest BCUT2D eigenvalue weighted by Gasteiger charge is -2.33. The molecule has 1 saturated heterocycles. The third kappa shape index (κ3) is 2.97. The van der Waals surface area contributed by atoms with Crippen molar-refractivity contribution in [2.24, 2.45) is 0 Å². The van der Waals surface area contributed by atoms with E-state index in [1.807, 2.05) is 6.07 Å². The van der Waals surface area contributed by atoms with Crippen LogP contribution in [0.25, 0.3) is 0 Å². The third-order valence-corrected chi connectivity index (χ3v) is 4.13. The molecule has 1 aromatic rings. The summed E-state index contributed by atoms with van der Waals surface area (Å²) in [6.07, 6.45) is 6.18. The van der Waals surface area contributed by atoms with Crippen LogP contribution in [-0.4, -0.2) is 12.6 Å². The molecular weight excluding hydrogens is 249 g/mol. The summed E-state index contributed by atoms with van der Waals surface area (Å²) in [4.78, 5) is 2.43. The quantitative estimate of drug-likeness (QED) is 0.718. The van der Waals surface area contributed by atoms with Gasteiger partial charge >= 0.3 is 0 Å². The van der Waals surface area contributed by atoms with Gasteiger partial charge in [0.05, 0.1) is 0 Å². The molecule has 0 bridgehead atoms. The topological polar surface area (TPSA) is 3.24 Å². The van der Waals surface area contributed by atoms with Crippen LogP contribution in [0, 0.1) is 5.82 Å². The Labute approximate surface area is 114 Å². The maximum Gasteiger partial charge on any atom is 0.123 e. The number of nitrogens with zero attached hydrogens (tertiary/aromatic N) is 1. The Morgan fingerprint density at radius 3 is 2.89 bits per heavy atom. The van der Waals surface area contributed by atoms with Crippen LogP contribution < -0.4 is 4.90 Å². The van der Waals surface area contributed by atoms with Crippen LogP contribution in [0.4, 0.5) is 10.1 Å². The van der Waals surface area contributed by atoms with E-state index in [4.69, 9.17) is 11.6 Å². The highest BCUT2D eigenvalue weighted by Gasteiger charge is 2.21. The molecule has 1 unspecified atom stereocenters. The molecule has 1 atom stereocenters. The minimum Gasteiger partial charge on any atom is -0.368 e. The molecule has 3 heteroatoms. The van der Waals surface area contributed by atoms with Crippen molar-refractivity contribution in [1.82, 2.24) is 0 Å². The largest absolute Gasteiger partial charge is 0.368 e. The van der Waals surface area contributed by atoms with Crippen molar-refractivity contribution in [3.05, 3.63) is 29.6 Å². The SMILES string of the molecule is CCC1CCCCCN1c1ccc(F)cc1CCl. The van der Waals surface area contributed by atoms with Gasteiger partial charge in [-0.05, 0) is 43.0 Å². The van der Waals surface area contributed by atoms with E-state index in [0.29, 0.717) is 11.9 Å². The van der Waals surface area contributed by atoms with E-state index < -0.39 is 0 Å². The molecule has 1 aliphatic rings. The molecule has 0 radical (unpaired) electrons. The van der Waals surface area contributed by atoms with E-state index in [1.165, 1.54) is 25.7 Å². The summed E-state index contributed by atoms with van der Waals surface area (Å²) in [5.41, 5.74) is 2.04. The number of hydrogen-bond donors (Lipinski definition) is 0. The lowest BCUT2D eigenvalue weighted by Crippen LogP contribution is -2.35. The van der Waals surface area contributed by atoms with Gasteiger partial charge in [-0.25, -0.2) is 4.39 Å². The normalized spacial score (nSPS) is 20.8. The fourth-order valence-electron chi connectivity index (χ4n) is 2.86. The Balaban J connectivity index is 2.32. The summed E-state index contributed by atoms with van der Waals surface area (Å²) >= 11 is 5.96. The Kier molecular flexibility index (Phi) is 4.87. The number of hydrogen-bond acceptors (Lipinski definition) is 1. The standard InChI is InChI=1S/C15H21ClFN/c1-2-14-6-4-3-5-9-18(14)15-8-7-13(17)10-12(15)11-16/h7-8,10,14H,2-6,9,11H2,1H3. The highest BCUT2D eigenvalue weighted by molar-refractivity contribution is 6.17. The smallest absolute Gasteiger partial charge is 0.123 e. The number of rotatable bonds is 3. The summed E-state index contributed by atoms with van der Waals surface area (Å²) in [6.45, 7) is 3.29. The Bertz CT molecular complexity index is 394. The predicted octanol–water partition coefficient (Wildman–Crippen LogP) is 4.72. The first-order chi connectivity index (χ1) is 8.76. The fraction of sp³-hybridized carbons (Fsp3) is 0.600. The lowest BCUT2D eigenvalue weighted by molar-refractivity contribution is 0.554. The molecule has 0 aliphatic carbocycles. The van der Waals surface area contributed by atoms with Crippen LogP contribution >= 0.6 is 11.6 Å². The molecule has 100 valence electrons. The molecule has 2 rings (SSSR count). The Morgan fingerprint density at radius 2 is 2.17 bits per heavy atom. The Morgan fingerprint density at radius 1 is 1.33 bits per heavy atom. The van der Waals surface area contributed by atoms with Crippen LogP contribution in [0.5, 0.6) is 0 Å². The van der Waals surface area contributed by atoms with Gasteiger partial charge in [-0.2, -0.15) is 0 Å². The van der Waals surface area contributed by atoms with E-state index in [-0.39, 0.29) is 5.82 Å². The second-order valence-corrected chi connectivity index (χ2v) is 5.28. The van der Waals surface area contributed by atoms with Gasteiger partial charge in [-0.1, -0.05) is 19.8 Å². The first kappa shape index (κ1) is 13.7. The van der Waals surface area contributed by atoms with Gasteiger partial charge in [-0.3, -0.25) is 0 Å². The number of benzene rings is 1. The number of anilines is 1. The van der Waals surface area contributed by atoms with Gasteiger partial charge in [0, 0.05) is 24.2 Å². The van der Waals surface area contributed by atoms with E-state index in [9.17, 15) is 4.39 Å². The van der Waals surface area contributed by atoms with Crippen LogP contribution in [0.15, 0.2) is 18.2 Å². The van der Waals surface area contributed by atoms with Crippen LogP contribution in [-0.2, 0) is 5.88 Å². The summed E-state index contributed by atoms with van der Waals surface area (Å²) in [6, 6.07) is 5.57. The molecule has 18 heavy (non-hydrogen) atoms. The zero-order valence-corrected chi connectivity index (χ0v) is 11.7. The van der Waals surface area contributed by atoms with Gasteiger partial charge in [0.15, 0.2) is 0 Å². The number of alkyl halides is 1. The molecule has 0 aromatic heterocycles. The minimum atomic E-state index is -0.197.